The van der Waals surface area contributed by atoms with E-state index in [0.29, 0.717) is 59.0 Å². The summed E-state index contributed by atoms with van der Waals surface area (Å²) in [5, 5.41) is 20.0. The molecule has 0 bridgehead atoms. The molecule has 2 atom stereocenters. The van der Waals surface area contributed by atoms with Crippen molar-refractivity contribution in [3.63, 3.8) is 0 Å². The van der Waals surface area contributed by atoms with Crippen molar-refractivity contribution >= 4 is 91.9 Å². The van der Waals surface area contributed by atoms with Crippen molar-refractivity contribution in [2.45, 2.75) is 24.8 Å². The Morgan fingerprint density at radius 1 is 0.875 bits per heavy atom. The van der Waals surface area contributed by atoms with Crippen LogP contribution in [-0.2, 0) is 19.2 Å². The maximum atomic E-state index is 14.3. The number of imide groups is 1. The number of nitrogens with zero attached hydrogens (tertiary/aromatic N) is 4. The van der Waals surface area contributed by atoms with Gasteiger partial charge in [0.25, 0.3) is 23.6 Å². The molecule has 0 aliphatic carbocycles. The molecule has 64 heavy (non-hydrogen) atoms. The average molecular weight is 889 g/mol. The molecule has 0 saturated carbocycles. The first-order valence-electron chi connectivity index (χ1n) is 20.8. The number of hydrogen-bond acceptors (Lipinski definition) is 10. The number of nitrogens with one attached hydrogen (secondary N) is 4. The fourth-order valence-electron chi connectivity index (χ4n) is 8.08. The van der Waals surface area contributed by atoms with Gasteiger partial charge in [0.05, 0.1) is 12.3 Å². The zero-order valence-electron chi connectivity index (χ0n) is 34.8. The first-order chi connectivity index (χ1) is 30.9. The van der Waals surface area contributed by atoms with Crippen LogP contribution in [0.15, 0.2) is 91.0 Å². The fourth-order valence-corrected chi connectivity index (χ4v) is 8.33. The number of halogens is 1. The predicted octanol–water partition coefficient (Wildman–Crippen LogP) is 4.42. The van der Waals surface area contributed by atoms with Crippen molar-refractivity contribution in [3.05, 3.63) is 108 Å². The van der Waals surface area contributed by atoms with E-state index in [1.165, 1.54) is 24.3 Å². The van der Waals surface area contributed by atoms with E-state index in [4.69, 9.17) is 16.3 Å². The Balaban J connectivity index is 0.903. The van der Waals surface area contributed by atoms with Gasteiger partial charge in [-0.15, -0.1) is 11.6 Å². The van der Waals surface area contributed by atoms with Gasteiger partial charge < -0.3 is 45.5 Å². The van der Waals surface area contributed by atoms with Crippen molar-refractivity contribution < 1.29 is 43.4 Å². The van der Waals surface area contributed by atoms with Gasteiger partial charge in [-0.1, -0.05) is 24.3 Å². The van der Waals surface area contributed by atoms with Gasteiger partial charge in [0.1, 0.15) is 17.5 Å². The highest BCUT2D eigenvalue weighted by Crippen LogP contribution is 2.46. The minimum absolute atomic E-state index is 0.0430. The lowest BCUT2D eigenvalue weighted by atomic mass is 9.95. The Hall–Kier alpha value is -7.08. The lowest BCUT2D eigenvalue weighted by molar-refractivity contribution is -0.137. The largest absolute Gasteiger partial charge is 0.415 e. The SMILES string of the molecule is CN1CCN(C(=O)Oc2cc3c(c4ccccc24)[C@H](CCl)CN3C(=O)c2cc3cc(NC(=O)c4ccc(NC(=O)[C@H](CO)NC(=O)CCCN5C(=O)C=CC5=O)cc4)ccc3[nH]2)CC1. The minimum Gasteiger partial charge on any atom is -0.409 e. The highest BCUT2D eigenvalue weighted by Gasteiger charge is 2.36. The van der Waals surface area contributed by atoms with E-state index in [-0.39, 0.29) is 42.7 Å². The Morgan fingerprint density at radius 2 is 1.58 bits per heavy atom. The molecule has 0 unspecified atom stereocenters. The number of benzene rings is 4. The summed E-state index contributed by atoms with van der Waals surface area (Å²) in [6.45, 7) is 2.27. The number of carbonyl (C=O) groups is 7. The molecule has 3 aliphatic heterocycles. The van der Waals surface area contributed by atoms with Crippen LogP contribution in [0.25, 0.3) is 21.7 Å². The topological polar surface area (TPSA) is 214 Å². The molecular weight excluding hydrogens is 844 g/mol. The molecule has 330 valence electrons. The van der Waals surface area contributed by atoms with Crippen LogP contribution in [0.5, 0.6) is 5.75 Å². The maximum absolute atomic E-state index is 14.3. The van der Waals surface area contributed by atoms with Gasteiger partial charge in [0, 0.05) is 109 Å². The van der Waals surface area contributed by atoms with Crippen molar-refractivity contribution in [1.82, 2.24) is 25.0 Å². The molecule has 0 radical (unpaired) electrons. The molecule has 4 aromatic carbocycles. The lowest BCUT2D eigenvalue weighted by Crippen LogP contribution is -2.48. The van der Waals surface area contributed by atoms with E-state index < -0.39 is 48.3 Å². The number of alkyl halides is 1. The second kappa shape index (κ2) is 18.7. The van der Waals surface area contributed by atoms with E-state index in [9.17, 15) is 38.7 Å². The summed E-state index contributed by atoms with van der Waals surface area (Å²) >= 11 is 6.52. The number of fused-ring (bicyclic) bond motifs is 4. The van der Waals surface area contributed by atoms with Gasteiger partial charge in [0.15, 0.2) is 0 Å². The number of aromatic amines is 1. The Labute approximate surface area is 371 Å². The van der Waals surface area contributed by atoms with Crippen LogP contribution < -0.4 is 25.6 Å². The lowest BCUT2D eigenvalue weighted by Gasteiger charge is -2.31. The molecular formula is C46H45ClN8O9. The first kappa shape index (κ1) is 43.6. The van der Waals surface area contributed by atoms with Crippen molar-refractivity contribution in [2.75, 3.05) is 74.3 Å². The number of carbonyl (C=O) groups excluding carboxylic acids is 7. The highest BCUT2D eigenvalue weighted by molar-refractivity contribution is 6.19. The molecule has 17 nitrogen and oxygen atoms in total. The van der Waals surface area contributed by atoms with Crippen LogP contribution in [0.4, 0.5) is 21.9 Å². The number of amides is 7. The maximum Gasteiger partial charge on any atom is 0.415 e. The number of piperazine rings is 1. The zero-order chi connectivity index (χ0) is 45.1. The van der Waals surface area contributed by atoms with Crippen molar-refractivity contribution in [2.24, 2.45) is 0 Å². The Kier molecular flexibility index (Phi) is 12.7. The predicted molar refractivity (Wildman–Crippen MR) is 240 cm³/mol. The van der Waals surface area contributed by atoms with Gasteiger partial charge in [-0.3, -0.25) is 33.7 Å². The number of H-pyrrole nitrogens is 1. The monoisotopic (exact) mass is 888 g/mol. The van der Waals surface area contributed by atoms with Gasteiger partial charge in [-0.05, 0) is 72.9 Å². The number of aliphatic hydroxyl groups is 1. The zero-order valence-corrected chi connectivity index (χ0v) is 35.5. The van der Waals surface area contributed by atoms with E-state index in [1.54, 1.807) is 40.1 Å². The third-order valence-electron chi connectivity index (χ3n) is 11.6. The highest BCUT2D eigenvalue weighted by atomic mass is 35.5. The number of hydrogen-bond donors (Lipinski definition) is 5. The summed E-state index contributed by atoms with van der Waals surface area (Å²) in [5.41, 5.74) is 3.57. The molecule has 7 amide bonds. The summed E-state index contributed by atoms with van der Waals surface area (Å²) in [4.78, 5) is 99.3. The number of aromatic nitrogens is 1. The molecule has 5 N–H and O–H groups in total. The van der Waals surface area contributed by atoms with Gasteiger partial charge >= 0.3 is 6.09 Å². The fraction of sp³-hybridized carbons (Fsp3) is 0.283. The van der Waals surface area contributed by atoms with E-state index in [1.807, 2.05) is 31.3 Å². The third-order valence-corrected chi connectivity index (χ3v) is 11.9. The first-order valence-corrected chi connectivity index (χ1v) is 21.3. The number of anilines is 3. The Bertz CT molecular complexity index is 2690. The van der Waals surface area contributed by atoms with Gasteiger partial charge in [-0.25, -0.2) is 4.79 Å². The van der Waals surface area contributed by atoms with Crippen LogP contribution in [-0.4, -0.2) is 131 Å². The normalized spacial score (nSPS) is 16.6. The smallest absolute Gasteiger partial charge is 0.409 e. The van der Waals surface area contributed by atoms with Crippen LogP contribution in [0.2, 0.25) is 0 Å². The van der Waals surface area contributed by atoms with Crippen LogP contribution >= 0.6 is 11.6 Å². The van der Waals surface area contributed by atoms with Crippen molar-refractivity contribution in [3.8, 4) is 5.75 Å². The molecule has 1 aromatic heterocycles. The number of rotatable bonds is 13. The minimum atomic E-state index is -1.27. The molecule has 1 fully saturated rings. The van der Waals surface area contributed by atoms with Crippen LogP contribution in [0, 0.1) is 0 Å². The summed E-state index contributed by atoms with van der Waals surface area (Å²) < 4.78 is 6.03. The molecule has 3 aliphatic rings. The van der Waals surface area contributed by atoms with E-state index in [0.717, 1.165) is 46.5 Å². The second-order valence-corrected chi connectivity index (χ2v) is 16.2. The number of ether oxygens (including phenoxy) is 1. The molecule has 5 aromatic rings. The summed E-state index contributed by atoms with van der Waals surface area (Å²) in [6, 6.07) is 21.1. The third kappa shape index (κ3) is 9.18. The molecule has 4 heterocycles. The number of aliphatic hydroxyl groups excluding tert-OH is 1. The summed E-state index contributed by atoms with van der Waals surface area (Å²) in [5.74, 6) is -2.41. The summed E-state index contributed by atoms with van der Waals surface area (Å²) in [7, 11) is 2.01. The average Bonchev–Trinajstić information content (AvgIpc) is 3.99. The molecule has 8 rings (SSSR count). The van der Waals surface area contributed by atoms with E-state index in [2.05, 4.69) is 25.8 Å². The van der Waals surface area contributed by atoms with Gasteiger partial charge in [0.2, 0.25) is 11.8 Å². The molecule has 18 heteroatoms. The standard InChI is InChI=1S/C46H45ClN8O9/c1-52-17-19-53(20-18-52)46(63)64-38-23-37-42(33-6-3-2-5-32(33)38)29(24-47)25-55(37)45(62)35-22-28-21-31(12-13-34(28)50-35)49-43(60)27-8-10-30(11-9-27)48-44(61)36(26-56)51-39(57)7-4-16-54-40(58)14-15-41(54)59/h2-3,5-6,8-15,21-23,29,36,50,56H,4,7,16-20,24-26H2,1H3,(H,48,61)(H,49,60)(H,51,57)/t29-,36+/m1/s1. The molecule has 0 spiro atoms. The van der Waals surface area contributed by atoms with Crippen LogP contribution in [0.3, 0.4) is 0 Å². The van der Waals surface area contributed by atoms with Crippen molar-refractivity contribution in [1.29, 1.82) is 0 Å². The second-order valence-electron chi connectivity index (χ2n) is 15.9. The summed E-state index contributed by atoms with van der Waals surface area (Å²) in [6.07, 6.45) is 1.96. The van der Waals surface area contributed by atoms with Crippen LogP contribution in [0.1, 0.15) is 45.2 Å². The Morgan fingerprint density at radius 3 is 2.28 bits per heavy atom. The number of likely N-dealkylation sites (N-methyl/N-ethyl adjacent to an activating group) is 1. The molecule has 1 saturated heterocycles. The quantitative estimate of drug-likeness (QED) is 0.0829. The van der Waals surface area contributed by atoms with Gasteiger partial charge in [-0.2, -0.15) is 0 Å². The van der Waals surface area contributed by atoms with E-state index >= 15 is 0 Å².